The van der Waals surface area contributed by atoms with Crippen molar-refractivity contribution < 1.29 is 14.3 Å². The third kappa shape index (κ3) is 7.26. The Kier molecular flexibility index (Phi) is 9.53. The summed E-state index contributed by atoms with van der Waals surface area (Å²) in [7, 11) is 1.61. The Morgan fingerprint density at radius 2 is 1.73 bits per heavy atom. The molecule has 0 saturated carbocycles. The van der Waals surface area contributed by atoms with E-state index in [1.54, 1.807) is 31.1 Å². The van der Waals surface area contributed by atoms with E-state index in [2.05, 4.69) is 5.32 Å². The van der Waals surface area contributed by atoms with E-state index in [1.165, 1.54) is 11.8 Å². The van der Waals surface area contributed by atoms with Gasteiger partial charge in [-0.15, -0.1) is 11.8 Å². The molecule has 0 aliphatic heterocycles. The van der Waals surface area contributed by atoms with Crippen LogP contribution in [0.15, 0.2) is 53.4 Å². The number of ether oxygens (including phenoxy) is 1. The largest absolute Gasteiger partial charge is 0.497 e. The number of nitrogens with one attached hydrogen (secondary N) is 1. The molecule has 0 unspecified atom stereocenters. The van der Waals surface area contributed by atoms with Gasteiger partial charge in [0.05, 0.1) is 12.9 Å². The quantitative estimate of drug-likeness (QED) is 0.532. The lowest BCUT2D eigenvalue weighted by molar-refractivity contribution is -0.138. The highest BCUT2D eigenvalue weighted by molar-refractivity contribution is 8.00. The number of rotatable bonds is 10. The summed E-state index contributed by atoms with van der Waals surface area (Å²) in [6.45, 7) is 6.08. The molecule has 2 rings (SSSR count). The third-order valence-electron chi connectivity index (χ3n) is 4.86. The standard InChI is InChI=1S/C23H29ClN2O3S/c1-5-16(2)25-23(28)17(3)26(14-18-6-10-20(29-4)11-7-18)22(27)15-30-21-12-8-19(24)9-13-21/h6-13,16-17H,5,14-15H2,1-4H3,(H,25,28)/t16-,17-/m0/s1. The number of methoxy groups -OCH3 is 1. The highest BCUT2D eigenvalue weighted by atomic mass is 35.5. The highest BCUT2D eigenvalue weighted by Crippen LogP contribution is 2.22. The molecular weight excluding hydrogens is 420 g/mol. The predicted molar refractivity (Wildman–Crippen MR) is 123 cm³/mol. The van der Waals surface area contributed by atoms with Crippen molar-refractivity contribution in [1.82, 2.24) is 10.2 Å². The van der Waals surface area contributed by atoms with Crippen molar-refractivity contribution in [2.24, 2.45) is 0 Å². The Labute approximate surface area is 188 Å². The van der Waals surface area contributed by atoms with Gasteiger partial charge in [-0.25, -0.2) is 0 Å². The summed E-state index contributed by atoms with van der Waals surface area (Å²) < 4.78 is 5.20. The van der Waals surface area contributed by atoms with Crippen LogP contribution >= 0.6 is 23.4 Å². The molecule has 2 aromatic carbocycles. The van der Waals surface area contributed by atoms with Gasteiger partial charge >= 0.3 is 0 Å². The maximum Gasteiger partial charge on any atom is 0.242 e. The molecule has 0 heterocycles. The van der Waals surface area contributed by atoms with Gasteiger partial charge < -0.3 is 15.0 Å². The summed E-state index contributed by atoms with van der Waals surface area (Å²) >= 11 is 7.36. The van der Waals surface area contributed by atoms with E-state index in [0.29, 0.717) is 11.6 Å². The van der Waals surface area contributed by atoms with Crippen LogP contribution in [0.3, 0.4) is 0 Å². The summed E-state index contributed by atoms with van der Waals surface area (Å²) in [6.07, 6.45) is 0.831. The molecule has 2 atom stereocenters. The lowest BCUT2D eigenvalue weighted by Crippen LogP contribution is -2.50. The normalized spacial score (nSPS) is 12.7. The summed E-state index contributed by atoms with van der Waals surface area (Å²) in [4.78, 5) is 28.4. The molecule has 7 heteroatoms. The van der Waals surface area contributed by atoms with Crippen LogP contribution in [0.4, 0.5) is 0 Å². The Balaban J connectivity index is 2.14. The molecule has 1 N–H and O–H groups in total. The van der Waals surface area contributed by atoms with E-state index < -0.39 is 6.04 Å². The second-order valence-corrected chi connectivity index (χ2v) is 8.59. The monoisotopic (exact) mass is 448 g/mol. The van der Waals surface area contributed by atoms with Crippen molar-refractivity contribution >= 4 is 35.2 Å². The van der Waals surface area contributed by atoms with Crippen LogP contribution in [0.25, 0.3) is 0 Å². The number of nitrogens with zero attached hydrogens (tertiary/aromatic N) is 1. The second kappa shape index (κ2) is 11.9. The average molecular weight is 449 g/mol. The zero-order chi connectivity index (χ0) is 22.1. The van der Waals surface area contributed by atoms with Crippen molar-refractivity contribution in [3.8, 4) is 5.75 Å². The minimum Gasteiger partial charge on any atom is -0.497 e. The summed E-state index contributed by atoms with van der Waals surface area (Å²) in [5.41, 5.74) is 0.934. The molecule has 5 nitrogen and oxygen atoms in total. The smallest absolute Gasteiger partial charge is 0.242 e. The molecular formula is C23H29ClN2O3S. The summed E-state index contributed by atoms with van der Waals surface area (Å²) in [5, 5.41) is 3.63. The summed E-state index contributed by atoms with van der Waals surface area (Å²) in [6, 6.07) is 14.3. The number of halogens is 1. The Hall–Kier alpha value is -2.18. The minimum atomic E-state index is -0.584. The Bertz CT molecular complexity index is 827. The number of amides is 2. The van der Waals surface area contributed by atoms with Crippen LogP contribution in [0, 0.1) is 0 Å². The molecule has 30 heavy (non-hydrogen) atoms. The molecule has 0 aromatic heterocycles. The van der Waals surface area contributed by atoms with Crippen molar-refractivity contribution in [2.45, 2.75) is 50.7 Å². The van der Waals surface area contributed by atoms with Crippen LogP contribution < -0.4 is 10.1 Å². The van der Waals surface area contributed by atoms with E-state index in [-0.39, 0.29) is 23.6 Å². The highest BCUT2D eigenvalue weighted by Gasteiger charge is 2.26. The fraction of sp³-hybridized carbons (Fsp3) is 0.391. The first kappa shape index (κ1) is 24.1. The van der Waals surface area contributed by atoms with Crippen LogP contribution in [-0.4, -0.2) is 41.7 Å². The Morgan fingerprint density at radius 1 is 1.10 bits per heavy atom. The van der Waals surface area contributed by atoms with Gasteiger partial charge in [0.15, 0.2) is 0 Å². The van der Waals surface area contributed by atoms with Gasteiger partial charge in [0.25, 0.3) is 0 Å². The topological polar surface area (TPSA) is 58.6 Å². The van der Waals surface area contributed by atoms with E-state index in [0.717, 1.165) is 22.6 Å². The van der Waals surface area contributed by atoms with Crippen LogP contribution in [0.5, 0.6) is 5.75 Å². The molecule has 0 saturated heterocycles. The Morgan fingerprint density at radius 3 is 2.30 bits per heavy atom. The molecule has 162 valence electrons. The van der Waals surface area contributed by atoms with E-state index in [4.69, 9.17) is 16.3 Å². The fourth-order valence-corrected chi connectivity index (χ4v) is 3.65. The first-order chi connectivity index (χ1) is 14.3. The van der Waals surface area contributed by atoms with Gasteiger partial charge in [0, 0.05) is 22.5 Å². The van der Waals surface area contributed by atoms with Crippen LogP contribution in [0.2, 0.25) is 5.02 Å². The lowest BCUT2D eigenvalue weighted by atomic mass is 10.1. The van der Waals surface area contributed by atoms with Gasteiger partial charge in [-0.05, 0) is 62.2 Å². The SMILES string of the molecule is CC[C@H](C)NC(=O)[C@H](C)N(Cc1ccc(OC)cc1)C(=O)CSc1ccc(Cl)cc1. The number of carbonyl (C=O) groups excluding carboxylic acids is 2. The van der Waals surface area contributed by atoms with E-state index >= 15 is 0 Å². The predicted octanol–water partition coefficient (Wildman–Crippen LogP) is 4.77. The minimum absolute atomic E-state index is 0.0568. The van der Waals surface area contributed by atoms with Crippen LogP contribution in [0.1, 0.15) is 32.8 Å². The number of hydrogen-bond donors (Lipinski definition) is 1. The molecule has 2 amide bonds. The van der Waals surface area contributed by atoms with Crippen molar-refractivity contribution in [3.05, 3.63) is 59.1 Å². The first-order valence-electron chi connectivity index (χ1n) is 9.95. The zero-order valence-corrected chi connectivity index (χ0v) is 19.4. The summed E-state index contributed by atoms with van der Waals surface area (Å²) in [5.74, 6) is 0.733. The molecule has 0 aliphatic rings. The van der Waals surface area contributed by atoms with E-state index in [1.807, 2.05) is 50.2 Å². The molecule has 0 radical (unpaired) electrons. The molecule has 2 aromatic rings. The molecule has 0 aliphatic carbocycles. The zero-order valence-electron chi connectivity index (χ0n) is 17.9. The maximum absolute atomic E-state index is 13.1. The lowest BCUT2D eigenvalue weighted by Gasteiger charge is -2.29. The molecule has 0 bridgehead atoms. The third-order valence-corrected chi connectivity index (χ3v) is 6.11. The number of carbonyl (C=O) groups is 2. The number of benzene rings is 2. The van der Waals surface area contributed by atoms with Crippen molar-refractivity contribution in [1.29, 1.82) is 0 Å². The maximum atomic E-state index is 13.1. The van der Waals surface area contributed by atoms with Gasteiger partial charge in [-0.2, -0.15) is 0 Å². The molecule has 0 fully saturated rings. The van der Waals surface area contributed by atoms with Crippen molar-refractivity contribution in [2.75, 3.05) is 12.9 Å². The van der Waals surface area contributed by atoms with Gasteiger partial charge in [0.1, 0.15) is 11.8 Å². The second-order valence-electron chi connectivity index (χ2n) is 7.11. The van der Waals surface area contributed by atoms with Gasteiger partial charge in [-0.1, -0.05) is 30.7 Å². The van der Waals surface area contributed by atoms with Crippen LogP contribution in [-0.2, 0) is 16.1 Å². The van der Waals surface area contributed by atoms with Gasteiger partial charge in [0.2, 0.25) is 11.8 Å². The molecule has 0 spiro atoms. The first-order valence-corrected chi connectivity index (χ1v) is 11.3. The van der Waals surface area contributed by atoms with Gasteiger partial charge in [-0.3, -0.25) is 9.59 Å². The average Bonchev–Trinajstić information content (AvgIpc) is 2.76. The fourth-order valence-electron chi connectivity index (χ4n) is 2.73. The number of thioether (sulfide) groups is 1. The van der Waals surface area contributed by atoms with E-state index in [9.17, 15) is 9.59 Å². The van der Waals surface area contributed by atoms with Crippen molar-refractivity contribution in [3.63, 3.8) is 0 Å². The number of hydrogen-bond acceptors (Lipinski definition) is 4.